The first-order chi connectivity index (χ1) is 12.9. The van der Waals surface area contributed by atoms with Crippen LogP contribution in [0.15, 0.2) is 0 Å². The van der Waals surface area contributed by atoms with Crippen LogP contribution in [0.25, 0.3) is 0 Å². The molecule has 1 unspecified atom stereocenters. The van der Waals surface area contributed by atoms with Gasteiger partial charge in [-0.1, -0.05) is 6.92 Å². The van der Waals surface area contributed by atoms with Gasteiger partial charge in [0.15, 0.2) is 0 Å². The standard InChI is InChI=1S/C16H35NO8S2Si/c1-15(13-26-10-8-12-28(22-4,23-5)24-6)16(18)25-14-17(2,3)9-7-11-27(19,20)21/h15H,7-14H2,1-6H3/p+1. The summed E-state index contributed by atoms with van der Waals surface area (Å²) in [4.78, 5) is 12.2. The van der Waals surface area contributed by atoms with Crippen molar-refractivity contribution in [1.82, 2.24) is 0 Å². The highest BCUT2D eigenvalue weighted by Crippen LogP contribution is 2.19. The van der Waals surface area contributed by atoms with Crippen molar-refractivity contribution in [3.05, 3.63) is 0 Å². The molecule has 0 saturated carbocycles. The Hall–Kier alpha value is -0.213. The maximum atomic E-state index is 12.2. The van der Waals surface area contributed by atoms with Crippen LogP contribution >= 0.6 is 11.8 Å². The lowest BCUT2D eigenvalue weighted by Gasteiger charge is -2.29. The van der Waals surface area contributed by atoms with E-state index in [4.69, 9.17) is 22.6 Å². The van der Waals surface area contributed by atoms with Crippen LogP contribution in [0.3, 0.4) is 0 Å². The van der Waals surface area contributed by atoms with Crippen LogP contribution in [0.4, 0.5) is 0 Å². The molecule has 0 bridgehead atoms. The van der Waals surface area contributed by atoms with E-state index in [0.717, 1.165) is 18.2 Å². The fourth-order valence-corrected chi connectivity index (χ4v) is 5.87. The maximum Gasteiger partial charge on any atom is 0.500 e. The summed E-state index contributed by atoms with van der Waals surface area (Å²) in [5.74, 6) is 0.700. The Morgan fingerprint density at radius 1 is 1.14 bits per heavy atom. The SMILES string of the molecule is CO[Si](CCCSCC(C)C(=O)OC[N+](C)(C)CCCS(=O)(=O)O)(OC)OC. The first-order valence-electron chi connectivity index (χ1n) is 9.07. The van der Waals surface area contributed by atoms with Gasteiger partial charge >= 0.3 is 14.8 Å². The lowest BCUT2D eigenvalue weighted by molar-refractivity contribution is -0.907. The zero-order valence-electron chi connectivity index (χ0n) is 17.8. The van der Waals surface area contributed by atoms with Gasteiger partial charge in [0.2, 0.25) is 6.73 Å². The predicted octanol–water partition coefficient (Wildman–Crippen LogP) is 1.48. The zero-order chi connectivity index (χ0) is 21.8. The molecule has 0 aliphatic carbocycles. The molecular formula is C16H36NO8S2Si+. The Morgan fingerprint density at radius 3 is 2.21 bits per heavy atom. The minimum atomic E-state index is -3.96. The molecule has 0 radical (unpaired) electrons. The third-order valence-corrected chi connectivity index (χ3v) is 9.15. The van der Waals surface area contributed by atoms with E-state index in [1.165, 1.54) is 0 Å². The fourth-order valence-electron chi connectivity index (χ4n) is 2.40. The second kappa shape index (κ2) is 13.2. The van der Waals surface area contributed by atoms with E-state index in [-0.39, 0.29) is 24.4 Å². The Morgan fingerprint density at radius 2 is 1.71 bits per heavy atom. The Labute approximate surface area is 174 Å². The van der Waals surface area contributed by atoms with Gasteiger partial charge in [0.1, 0.15) is 0 Å². The molecule has 168 valence electrons. The average Bonchev–Trinajstić information content (AvgIpc) is 2.61. The van der Waals surface area contributed by atoms with Gasteiger partial charge in [-0.2, -0.15) is 20.2 Å². The monoisotopic (exact) mass is 462 g/mol. The zero-order valence-corrected chi connectivity index (χ0v) is 20.4. The van der Waals surface area contributed by atoms with Gasteiger partial charge in [0, 0.05) is 39.5 Å². The molecule has 0 spiro atoms. The minimum Gasteiger partial charge on any atom is -0.415 e. The van der Waals surface area contributed by atoms with E-state index >= 15 is 0 Å². The van der Waals surface area contributed by atoms with Crippen LogP contribution in [0, 0.1) is 5.92 Å². The van der Waals surface area contributed by atoms with Crippen molar-refractivity contribution in [2.24, 2.45) is 5.92 Å². The molecule has 9 nitrogen and oxygen atoms in total. The molecule has 1 N–H and O–H groups in total. The molecule has 0 aromatic heterocycles. The Bertz CT molecular complexity index is 547. The molecule has 0 aromatic carbocycles. The van der Waals surface area contributed by atoms with Gasteiger partial charge < -0.3 is 18.0 Å². The summed E-state index contributed by atoms with van der Waals surface area (Å²) in [6.07, 6.45) is 1.16. The average molecular weight is 463 g/mol. The molecule has 0 rings (SSSR count). The van der Waals surface area contributed by atoms with Gasteiger partial charge in [0.05, 0.1) is 32.3 Å². The molecule has 0 aliphatic heterocycles. The smallest absolute Gasteiger partial charge is 0.415 e. The molecule has 0 amide bonds. The van der Waals surface area contributed by atoms with E-state index in [1.54, 1.807) is 33.1 Å². The van der Waals surface area contributed by atoms with Gasteiger partial charge in [-0.05, 0) is 12.2 Å². The highest BCUT2D eigenvalue weighted by atomic mass is 32.2. The molecule has 0 aromatic rings. The summed E-state index contributed by atoms with van der Waals surface area (Å²) in [5, 5.41) is 0. The second-order valence-electron chi connectivity index (χ2n) is 7.27. The second-order valence-corrected chi connectivity index (χ2v) is 13.1. The first kappa shape index (κ1) is 27.8. The van der Waals surface area contributed by atoms with Crippen molar-refractivity contribution < 1.29 is 40.3 Å². The molecular weight excluding hydrogens is 426 g/mol. The van der Waals surface area contributed by atoms with Crippen molar-refractivity contribution in [1.29, 1.82) is 0 Å². The van der Waals surface area contributed by atoms with Crippen LogP contribution in [-0.4, -0.2) is 98.2 Å². The number of hydrogen-bond donors (Lipinski definition) is 1. The summed E-state index contributed by atoms with van der Waals surface area (Å²) in [5.41, 5.74) is 0. The number of hydrogen-bond acceptors (Lipinski definition) is 8. The number of quaternary nitrogens is 1. The van der Waals surface area contributed by atoms with Crippen LogP contribution < -0.4 is 0 Å². The quantitative estimate of drug-likeness (QED) is 0.0911. The van der Waals surface area contributed by atoms with E-state index in [2.05, 4.69) is 0 Å². The number of rotatable bonds is 16. The summed E-state index contributed by atoms with van der Waals surface area (Å²) in [7, 11) is 1.96. The van der Waals surface area contributed by atoms with Gasteiger partial charge in [-0.15, -0.1) is 0 Å². The molecule has 0 fully saturated rings. The Kier molecular flexibility index (Phi) is 13.1. The van der Waals surface area contributed by atoms with Crippen LogP contribution in [-0.2, 0) is 32.9 Å². The third kappa shape index (κ3) is 12.4. The summed E-state index contributed by atoms with van der Waals surface area (Å²) >= 11 is 1.67. The number of carbonyl (C=O) groups is 1. The van der Waals surface area contributed by atoms with E-state index in [0.29, 0.717) is 23.2 Å². The molecule has 0 heterocycles. The van der Waals surface area contributed by atoms with E-state index < -0.39 is 18.9 Å². The van der Waals surface area contributed by atoms with Crippen LogP contribution in [0.2, 0.25) is 6.04 Å². The summed E-state index contributed by atoms with van der Waals surface area (Å²) in [6, 6.07) is 0.720. The maximum absolute atomic E-state index is 12.2. The van der Waals surface area contributed by atoms with Crippen molar-refractivity contribution >= 4 is 36.7 Å². The highest BCUT2D eigenvalue weighted by molar-refractivity contribution is 7.99. The number of esters is 1. The Balaban J connectivity index is 4.09. The van der Waals surface area contributed by atoms with Crippen molar-refractivity contribution in [3.8, 4) is 0 Å². The fraction of sp³-hybridized carbons (Fsp3) is 0.938. The first-order valence-corrected chi connectivity index (χ1v) is 13.8. The van der Waals surface area contributed by atoms with Gasteiger partial charge in [-0.3, -0.25) is 13.8 Å². The lowest BCUT2D eigenvalue weighted by atomic mass is 10.2. The summed E-state index contributed by atoms with van der Waals surface area (Å²) < 4.78 is 52.1. The van der Waals surface area contributed by atoms with Crippen LogP contribution in [0.1, 0.15) is 19.8 Å². The number of ether oxygens (including phenoxy) is 1. The topological polar surface area (TPSA) is 108 Å². The largest absolute Gasteiger partial charge is 0.500 e. The third-order valence-electron chi connectivity index (χ3n) is 4.20. The van der Waals surface area contributed by atoms with E-state index in [1.807, 2.05) is 21.0 Å². The van der Waals surface area contributed by atoms with E-state index in [9.17, 15) is 13.2 Å². The molecule has 1 atom stereocenters. The van der Waals surface area contributed by atoms with Gasteiger partial charge in [-0.25, -0.2) is 0 Å². The highest BCUT2D eigenvalue weighted by Gasteiger charge is 2.36. The van der Waals surface area contributed by atoms with Crippen molar-refractivity contribution in [2.45, 2.75) is 25.8 Å². The van der Waals surface area contributed by atoms with Crippen molar-refractivity contribution in [3.63, 3.8) is 0 Å². The number of nitrogens with zero attached hydrogens (tertiary/aromatic N) is 1. The lowest BCUT2D eigenvalue weighted by Crippen LogP contribution is -2.44. The summed E-state index contributed by atoms with van der Waals surface area (Å²) in [6.45, 7) is 2.45. The normalized spacial score (nSPS) is 14.1. The molecule has 28 heavy (non-hydrogen) atoms. The van der Waals surface area contributed by atoms with Crippen LogP contribution in [0.5, 0.6) is 0 Å². The van der Waals surface area contributed by atoms with Gasteiger partial charge in [0.25, 0.3) is 10.1 Å². The van der Waals surface area contributed by atoms with Crippen molar-refractivity contribution in [2.75, 3.05) is 66.0 Å². The number of thioether (sulfide) groups is 1. The predicted molar refractivity (Wildman–Crippen MR) is 112 cm³/mol. The number of carbonyl (C=O) groups excluding carboxylic acids is 1. The molecule has 0 saturated heterocycles. The molecule has 12 heteroatoms. The minimum absolute atomic E-state index is 0.156. The molecule has 0 aliphatic rings.